The zero-order chi connectivity index (χ0) is 23.8. The summed E-state index contributed by atoms with van der Waals surface area (Å²) in [6.07, 6.45) is 0.732. The summed E-state index contributed by atoms with van der Waals surface area (Å²) in [5.74, 6) is 0.618. The molecule has 1 aliphatic heterocycles. The van der Waals surface area contributed by atoms with Crippen molar-refractivity contribution in [2.45, 2.75) is 76.2 Å². The summed E-state index contributed by atoms with van der Waals surface area (Å²) in [6.45, 7) is 3.07. The molecule has 2 fully saturated rings. The van der Waals surface area contributed by atoms with Crippen LogP contribution in [0.15, 0.2) is 12.3 Å². The fourth-order valence-electron chi connectivity index (χ4n) is 4.33. The van der Waals surface area contributed by atoms with Crippen LogP contribution in [0.5, 0.6) is 0 Å². The van der Waals surface area contributed by atoms with Crippen molar-refractivity contribution in [1.82, 2.24) is 14.5 Å². The molecule has 3 heterocycles. The summed E-state index contributed by atoms with van der Waals surface area (Å²) in [4.78, 5) is 18.4. The van der Waals surface area contributed by atoms with Crippen LogP contribution >= 0.6 is 19.2 Å². The van der Waals surface area contributed by atoms with Gasteiger partial charge in [-0.1, -0.05) is 12.8 Å². The number of nitrogens with one attached hydrogen (secondary N) is 1. The molecule has 11 nitrogen and oxygen atoms in total. The lowest BCUT2D eigenvalue weighted by atomic mass is 10.1. The second-order valence-electron chi connectivity index (χ2n) is 8.77. The van der Waals surface area contributed by atoms with Crippen molar-refractivity contribution in [3.63, 3.8) is 0 Å². The summed E-state index contributed by atoms with van der Waals surface area (Å²) in [5.41, 5.74) is 0.457. The predicted octanol–water partition coefficient (Wildman–Crippen LogP) is 2.64. The van der Waals surface area contributed by atoms with Gasteiger partial charge in [0.1, 0.15) is 36.1 Å². The second-order valence-corrected chi connectivity index (χ2v) is 10.8. The van der Waals surface area contributed by atoms with Gasteiger partial charge in [-0.25, -0.2) is 4.98 Å². The van der Waals surface area contributed by atoms with E-state index in [1.165, 1.54) is 12.8 Å². The number of aliphatic hydroxyl groups excluding tert-OH is 2. The van der Waals surface area contributed by atoms with Crippen LogP contribution in [0.2, 0.25) is 5.28 Å². The lowest BCUT2D eigenvalue weighted by molar-refractivity contribution is -0.0615. The van der Waals surface area contributed by atoms with Gasteiger partial charge >= 0.3 is 7.60 Å². The van der Waals surface area contributed by atoms with Crippen molar-refractivity contribution >= 4 is 36.0 Å². The number of fused-ring (bicyclic) bond motifs is 1. The normalized spacial score (nSPS) is 28.1. The van der Waals surface area contributed by atoms with Crippen LogP contribution in [0.3, 0.4) is 0 Å². The van der Waals surface area contributed by atoms with E-state index in [2.05, 4.69) is 15.3 Å². The van der Waals surface area contributed by atoms with Crippen molar-refractivity contribution in [2.24, 2.45) is 0 Å². The van der Waals surface area contributed by atoms with Crippen molar-refractivity contribution in [2.75, 3.05) is 18.3 Å². The molecular formula is C20H30ClN4O7P. The van der Waals surface area contributed by atoms with Gasteiger partial charge in [0.05, 0.1) is 18.1 Å². The number of rotatable bonds is 9. The highest BCUT2D eigenvalue weighted by molar-refractivity contribution is 7.52. The molecule has 0 spiro atoms. The Morgan fingerprint density at radius 3 is 2.73 bits per heavy atom. The summed E-state index contributed by atoms with van der Waals surface area (Å²) in [7, 11) is -3.93. The maximum atomic E-state index is 11.9. The molecule has 1 unspecified atom stereocenters. The van der Waals surface area contributed by atoms with Gasteiger partial charge in [-0.15, -0.1) is 0 Å². The lowest BCUT2D eigenvalue weighted by Gasteiger charge is -2.19. The van der Waals surface area contributed by atoms with Gasteiger partial charge in [0.2, 0.25) is 5.28 Å². The third-order valence-electron chi connectivity index (χ3n) is 5.76. The summed E-state index contributed by atoms with van der Waals surface area (Å²) < 4.78 is 29.6. The molecule has 2 aromatic heterocycles. The number of aliphatic hydroxyl groups is 2. The SMILES string of the molecule is CC(C)OP(=O)(O)COC[C@H]1O[C@@H](n2ccc3c(NC4CCCC4)nc(Cl)nc32)[C@H](O)[C@@H]1O. The van der Waals surface area contributed by atoms with E-state index in [0.29, 0.717) is 17.5 Å². The van der Waals surface area contributed by atoms with Crippen LogP contribution in [-0.4, -0.2) is 73.1 Å². The van der Waals surface area contributed by atoms with Crippen LogP contribution in [-0.2, 0) is 18.6 Å². The number of nitrogens with zero attached hydrogens (tertiary/aromatic N) is 3. The smallest absolute Gasteiger partial charge is 0.353 e. The zero-order valence-electron chi connectivity index (χ0n) is 18.5. The number of anilines is 1. The Balaban J connectivity index is 1.48. The molecule has 184 valence electrons. The van der Waals surface area contributed by atoms with Gasteiger partial charge in [0, 0.05) is 12.2 Å². The Hall–Kier alpha value is -1.30. The van der Waals surface area contributed by atoms with E-state index < -0.39 is 44.6 Å². The molecule has 0 radical (unpaired) electrons. The summed E-state index contributed by atoms with van der Waals surface area (Å²) >= 11 is 6.18. The Labute approximate surface area is 196 Å². The lowest BCUT2D eigenvalue weighted by Crippen LogP contribution is -2.34. The minimum atomic E-state index is -3.93. The highest BCUT2D eigenvalue weighted by Crippen LogP contribution is 2.43. The van der Waals surface area contributed by atoms with E-state index in [9.17, 15) is 19.7 Å². The molecule has 0 bridgehead atoms. The predicted molar refractivity (Wildman–Crippen MR) is 121 cm³/mol. The van der Waals surface area contributed by atoms with E-state index in [4.69, 9.17) is 25.6 Å². The van der Waals surface area contributed by atoms with Gasteiger partial charge in [0.25, 0.3) is 0 Å². The molecule has 1 saturated carbocycles. The van der Waals surface area contributed by atoms with Crippen LogP contribution in [0, 0.1) is 0 Å². The molecule has 1 aliphatic carbocycles. The summed E-state index contributed by atoms with van der Waals surface area (Å²) in [5, 5.41) is 25.3. The van der Waals surface area contributed by atoms with Gasteiger partial charge in [-0.05, 0) is 44.4 Å². The van der Waals surface area contributed by atoms with Crippen molar-refractivity contribution in [3.05, 3.63) is 17.5 Å². The van der Waals surface area contributed by atoms with Gasteiger partial charge < -0.3 is 39.0 Å². The molecule has 2 aromatic rings. The van der Waals surface area contributed by atoms with Crippen LogP contribution < -0.4 is 5.32 Å². The number of aromatic nitrogens is 3. The zero-order valence-corrected chi connectivity index (χ0v) is 20.2. The van der Waals surface area contributed by atoms with E-state index in [0.717, 1.165) is 18.2 Å². The van der Waals surface area contributed by atoms with E-state index in [1.54, 1.807) is 30.7 Å². The highest BCUT2D eigenvalue weighted by Gasteiger charge is 2.44. The fraction of sp³-hybridized carbons (Fsp3) is 0.700. The Morgan fingerprint density at radius 2 is 2.03 bits per heavy atom. The van der Waals surface area contributed by atoms with Crippen molar-refractivity contribution in [1.29, 1.82) is 0 Å². The first-order valence-corrected chi connectivity index (χ1v) is 13.2. The van der Waals surface area contributed by atoms with Crippen molar-refractivity contribution < 1.29 is 33.7 Å². The van der Waals surface area contributed by atoms with Gasteiger partial charge in [-0.3, -0.25) is 4.57 Å². The number of ether oxygens (including phenoxy) is 2. The topological polar surface area (TPSA) is 148 Å². The van der Waals surface area contributed by atoms with Gasteiger partial charge in [-0.2, -0.15) is 4.98 Å². The van der Waals surface area contributed by atoms with Crippen LogP contribution in [0.25, 0.3) is 11.0 Å². The molecule has 2 aliphatic rings. The molecule has 4 N–H and O–H groups in total. The summed E-state index contributed by atoms with van der Waals surface area (Å²) in [6, 6.07) is 2.13. The third kappa shape index (κ3) is 5.68. The molecule has 0 aromatic carbocycles. The number of hydrogen-bond donors (Lipinski definition) is 4. The molecule has 33 heavy (non-hydrogen) atoms. The maximum Gasteiger partial charge on any atom is 0.353 e. The van der Waals surface area contributed by atoms with E-state index in [-0.39, 0.29) is 11.9 Å². The van der Waals surface area contributed by atoms with Crippen LogP contribution in [0.1, 0.15) is 45.8 Å². The first-order valence-electron chi connectivity index (χ1n) is 11.0. The van der Waals surface area contributed by atoms with E-state index in [1.807, 2.05) is 0 Å². The molecule has 4 rings (SSSR count). The molecule has 0 amide bonds. The first-order chi connectivity index (χ1) is 15.6. The Morgan fingerprint density at radius 1 is 1.30 bits per heavy atom. The minimum Gasteiger partial charge on any atom is -0.387 e. The van der Waals surface area contributed by atoms with Crippen LogP contribution in [0.4, 0.5) is 5.82 Å². The average molecular weight is 505 g/mol. The molecular weight excluding hydrogens is 475 g/mol. The number of halogens is 1. The molecule has 5 atom stereocenters. The average Bonchev–Trinajstić information content (AvgIpc) is 3.43. The second kappa shape index (κ2) is 10.1. The quantitative estimate of drug-likeness (QED) is 0.296. The largest absolute Gasteiger partial charge is 0.387 e. The Kier molecular flexibility index (Phi) is 7.62. The standard InChI is InChI=1S/C20H30ClN4O7P/c1-11(2)32-33(28,29)10-30-9-14-15(26)16(27)19(31-14)25-8-7-13-17(22-12-5-3-4-6-12)23-20(21)24-18(13)25/h7-8,11-12,14-16,19,26-27H,3-6,9-10H2,1-2H3,(H,28,29)(H,22,23,24)/t14-,15-,16-,19-/m1/s1. The Bertz CT molecular complexity index is 1020. The molecule has 1 saturated heterocycles. The maximum absolute atomic E-state index is 11.9. The van der Waals surface area contributed by atoms with Gasteiger partial charge in [0.15, 0.2) is 6.23 Å². The monoisotopic (exact) mass is 504 g/mol. The first kappa shape index (κ1) is 24.8. The third-order valence-corrected chi connectivity index (χ3v) is 7.19. The fourth-order valence-corrected chi connectivity index (χ4v) is 5.55. The van der Waals surface area contributed by atoms with E-state index >= 15 is 0 Å². The van der Waals surface area contributed by atoms with Crippen molar-refractivity contribution in [3.8, 4) is 0 Å². The molecule has 13 heteroatoms. The minimum absolute atomic E-state index is 0.0553. The number of hydrogen-bond acceptors (Lipinski definition) is 9. The highest BCUT2D eigenvalue weighted by atomic mass is 35.5.